The minimum absolute atomic E-state index is 0.101. The van der Waals surface area contributed by atoms with Gasteiger partial charge in [-0.15, -0.1) is 0 Å². The van der Waals surface area contributed by atoms with Crippen LogP contribution in [0.5, 0.6) is 5.75 Å². The monoisotopic (exact) mass is 376 g/mol. The summed E-state index contributed by atoms with van der Waals surface area (Å²) in [5, 5.41) is 2.76. The van der Waals surface area contributed by atoms with Gasteiger partial charge in [-0.25, -0.2) is 0 Å². The van der Waals surface area contributed by atoms with Gasteiger partial charge in [-0.3, -0.25) is 9.59 Å². The highest BCUT2D eigenvalue weighted by molar-refractivity contribution is 9.10. The number of carbonyl (C=O) groups is 2. The molecule has 2 amide bonds. The Hall–Kier alpha value is -2.34. The summed E-state index contributed by atoms with van der Waals surface area (Å²) >= 11 is 3.36. The Morgan fingerprint density at radius 2 is 1.70 bits per heavy atom. The van der Waals surface area contributed by atoms with Crippen LogP contribution in [-0.2, 0) is 4.79 Å². The molecule has 0 unspecified atom stereocenters. The third kappa shape index (κ3) is 5.75. The molecule has 6 heteroatoms. The van der Waals surface area contributed by atoms with Crippen molar-refractivity contribution in [3.8, 4) is 5.75 Å². The fourth-order valence-electron chi connectivity index (χ4n) is 1.89. The number of hydrogen-bond donors (Lipinski definition) is 2. The standard InChI is InChI=1S/C17H17BrN2O3/c18-13-5-9-15(10-6-13)23-11-1-2-16(21)20-14-7-3-12(4-8-14)17(19)22/h3-10H,1-2,11H2,(H2,19,22)(H,20,21). The molecule has 0 bridgehead atoms. The van der Waals surface area contributed by atoms with E-state index in [4.69, 9.17) is 10.5 Å². The Morgan fingerprint density at radius 3 is 2.30 bits per heavy atom. The summed E-state index contributed by atoms with van der Waals surface area (Å²) in [6.07, 6.45) is 0.968. The van der Waals surface area contributed by atoms with Crippen molar-refractivity contribution in [3.05, 3.63) is 58.6 Å². The molecule has 0 radical (unpaired) electrons. The van der Waals surface area contributed by atoms with E-state index in [-0.39, 0.29) is 5.91 Å². The molecule has 0 aromatic heterocycles. The number of hydrogen-bond acceptors (Lipinski definition) is 3. The first-order valence-corrected chi connectivity index (χ1v) is 7.92. The van der Waals surface area contributed by atoms with E-state index < -0.39 is 5.91 Å². The Kier molecular flexibility index (Phi) is 6.17. The summed E-state index contributed by atoms with van der Waals surface area (Å²) in [4.78, 5) is 22.8. The van der Waals surface area contributed by atoms with Crippen LogP contribution in [0.2, 0.25) is 0 Å². The number of nitrogens with two attached hydrogens (primary N) is 1. The number of anilines is 1. The van der Waals surface area contributed by atoms with Crippen LogP contribution in [-0.4, -0.2) is 18.4 Å². The summed E-state index contributed by atoms with van der Waals surface area (Å²) in [5.74, 6) is 0.180. The summed E-state index contributed by atoms with van der Waals surface area (Å²) in [7, 11) is 0. The van der Waals surface area contributed by atoms with Gasteiger partial charge in [-0.05, 0) is 55.0 Å². The first kappa shape index (κ1) is 17.0. The molecule has 0 saturated heterocycles. The van der Waals surface area contributed by atoms with Crippen LogP contribution in [0.15, 0.2) is 53.0 Å². The van der Waals surface area contributed by atoms with Crippen molar-refractivity contribution in [1.82, 2.24) is 0 Å². The summed E-state index contributed by atoms with van der Waals surface area (Å²) in [6.45, 7) is 0.468. The van der Waals surface area contributed by atoms with Crippen molar-refractivity contribution in [2.45, 2.75) is 12.8 Å². The van der Waals surface area contributed by atoms with Crippen molar-refractivity contribution < 1.29 is 14.3 Å². The summed E-state index contributed by atoms with van der Waals surface area (Å²) in [5.41, 5.74) is 6.20. The number of rotatable bonds is 7. The van der Waals surface area contributed by atoms with Crippen molar-refractivity contribution in [3.63, 3.8) is 0 Å². The number of primary amides is 1. The van der Waals surface area contributed by atoms with Crippen LogP contribution in [0.3, 0.4) is 0 Å². The third-order valence-corrected chi connectivity index (χ3v) is 3.61. The molecule has 3 N–H and O–H groups in total. The molecule has 0 heterocycles. The molecular weight excluding hydrogens is 360 g/mol. The van der Waals surface area contributed by atoms with E-state index in [1.807, 2.05) is 24.3 Å². The van der Waals surface area contributed by atoms with E-state index in [2.05, 4.69) is 21.2 Å². The first-order chi connectivity index (χ1) is 11.0. The second-order valence-electron chi connectivity index (χ2n) is 4.90. The van der Waals surface area contributed by atoms with Crippen molar-refractivity contribution >= 4 is 33.4 Å². The second-order valence-corrected chi connectivity index (χ2v) is 5.81. The lowest BCUT2D eigenvalue weighted by Crippen LogP contribution is -2.14. The summed E-state index contributed by atoms with van der Waals surface area (Å²) in [6, 6.07) is 14.0. The van der Waals surface area contributed by atoms with E-state index in [1.165, 1.54) is 0 Å². The zero-order valence-corrected chi connectivity index (χ0v) is 14.0. The molecule has 2 rings (SSSR count). The van der Waals surface area contributed by atoms with Gasteiger partial charge in [0.25, 0.3) is 0 Å². The molecule has 0 aliphatic rings. The number of amides is 2. The quantitative estimate of drug-likeness (QED) is 0.726. The molecule has 0 aliphatic carbocycles. The van der Waals surface area contributed by atoms with Gasteiger partial charge in [-0.1, -0.05) is 15.9 Å². The van der Waals surface area contributed by atoms with E-state index in [0.29, 0.717) is 30.7 Å². The third-order valence-electron chi connectivity index (χ3n) is 3.08. The van der Waals surface area contributed by atoms with Crippen molar-refractivity contribution in [2.24, 2.45) is 5.73 Å². The van der Waals surface area contributed by atoms with Crippen molar-refractivity contribution in [1.29, 1.82) is 0 Å². The average molecular weight is 377 g/mol. The lowest BCUT2D eigenvalue weighted by Gasteiger charge is -2.07. The lowest BCUT2D eigenvalue weighted by molar-refractivity contribution is -0.116. The molecule has 0 atom stereocenters. The van der Waals surface area contributed by atoms with Crippen LogP contribution in [0, 0.1) is 0 Å². The van der Waals surface area contributed by atoms with Crippen LogP contribution >= 0.6 is 15.9 Å². The van der Waals surface area contributed by atoms with E-state index >= 15 is 0 Å². The van der Waals surface area contributed by atoms with Gasteiger partial charge in [0.1, 0.15) is 5.75 Å². The van der Waals surface area contributed by atoms with Gasteiger partial charge >= 0.3 is 0 Å². The molecular formula is C17H17BrN2O3. The number of carbonyl (C=O) groups excluding carboxylic acids is 2. The van der Waals surface area contributed by atoms with Crippen LogP contribution < -0.4 is 15.8 Å². The van der Waals surface area contributed by atoms with Gasteiger partial charge in [0.15, 0.2) is 0 Å². The SMILES string of the molecule is NC(=O)c1ccc(NC(=O)CCCOc2ccc(Br)cc2)cc1. The summed E-state index contributed by atoms with van der Waals surface area (Å²) < 4.78 is 6.54. The Morgan fingerprint density at radius 1 is 1.04 bits per heavy atom. The van der Waals surface area contributed by atoms with E-state index in [0.717, 1.165) is 10.2 Å². The van der Waals surface area contributed by atoms with Gasteiger partial charge in [0.05, 0.1) is 6.61 Å². The highest BCUT2D eigenvalue weighted by Gasteiger charge is 2.04. The Bertz CT molecular complexity index is 669. The maximum absolute atomic E-state index is 11.8. The topological polar surface area (TPSA) is 81.4 Å². The van der Waals surface area contributed by atoms with Gasteiger partial charge in [0, 0.05) is 22.1 Å². The maximum atomic E-state index is 11.8. The number of ether oxygens (including phenoxy) is 1. The predicted octanol–water partition coefficient (Wildman–Crippen LogP) is 3.35. The molecule has 0 fully saturated rings. The maximum Gasteiger partial charge on any atom is 0.248 e. The zero-order valence-electron chi connectivity index (χ0n) is 12.4. The molecule has 0 saturated carbocycles. The van der Waals surface area contributed by atoms with Crippen LogP contribution in [0.1, 0.15) is 23.2 Å². The van der Waals surface area contributed by atoms with Gasteiger partial charge in [0.2, 0.25) is 11.8 Å². The normalized spacial score (nSPS) is 10.1. The minimum atomic E-state index is -0.493. The molecule has 120 valence electrons. The average Bonchev–Trinajstić information content (AvgIpc) is 2.54. The fourth-order valence-corrected chi connectivity index (χ4v) is 2.16. The Labute approximate surface area is 143 Å². The Balaban J connectivity index is 1.70. The number of benzene rings is 2. The molecule has 23 heavy (non-hydrogen) atoms. The zero-order chi connectivity index (χ0) is 16.7. The largest absolute Gasteiger partial charge is 0.494 e. The molecule has 2 aromatic rings. The fraction of sp³-hybridized carbons (Fsp3) is 0.176. The first-order valence-electron chi connectivity index (χ1n) is 7.12. The second kappa shape index (κ2) is 8.33. The number of nitrogens with one attached hydrogen (secondary N) is 1. The predicted molar refractivity (Wildman–Crippen MR) is 92.5 cm³/mol. The molecule has 5 nitrogen and oxygen atoms in total. The van der Waals surface area contributed by atoms with Gasteiger partial charge in [-0.2, -0.15) is 0 Å². The van der Waals surface area contributed by atoms with E-state index in [1.54, 1.807) is 24.3 Å². The van der Waals surface area contributed by atoms with Crippen LogP contribution in [0.4, 0.5) is 5.69 Å². The van der Waals surface area contributed by atoms with Crippen LogP contribution in [0.25, 0.3) is 0 Å². The highest BCUT2D eigenvalue weighted by Crippen LogP contribution is 2.16. The smallest absolute Gasteiger partial charge is 0.248 e. The van der Waals surface area contributed by atoms with E-state index in [9.17, 15) is 9.59 Å². The highest BCUT2D eigenvalue weighted by atomic mass is 79.9. The molecule has 0 spiro atoms. The van der Waals surface area contributed by atoms with Gasteiger partial charge < -0.3 is 15.8 Å². The minimum Gasteiger partial charge on any atom is -0.494 e. The van der Waals surface area contributed by atoms with Crippen molar-refractivity contribution in [2.75, 3.05) is 11.9 Å². The lowest BCUT2D eigenvalue weighted by atomic mass is 10.2. The molecule has 0 aliphatic heterocycles. The number of halogens is 1. The molecule has 2 aromatic carbocycles.